The van der Waals surface area contributed by atoms with Crippen LogP contribution in [0, 0.1) is 0 Å². The number of benzene rings is 2. The van der Waals surface area contributed by atoms with Crippen molar-refractivity contribution in [2.24, 2.45) is 0 Å². The molecule has 0 aliphatic heterocycles. The molecule has 3 rings (SSSR count). The third-order valence-electron chi connectivity index (χ3n) is 6.43. The first-order chi connectivity index (χ1) is 16.1. The van der Waals surface area contributed by atoms with E-state index in [-0.39, 0.29) is 29.9 Å². The van der Waals surface area contributed by atoms with Gasteiger partial charge < -0.3 is 15.0 Å². The molecule has 0 heterocycles. The highest BCUT2D eigenvalue weighted by atomic mass is 35.5. The summed E-state index contributed by atoms with van der Waals surface area (Å²) in [5, 5.41) is 3.79. The van der Waals surface area contributed by atoms with Gasteiger partial charge in [0.05, 0.1) is 0 Å². The van der Waals surface area contributed by atoms with Gasteiger partial charge in [-0.2, -0.15) is 0 Å². The van der Waals surface area contributed by atoms with Gasteiger partial charge in [0.15, 0.2) is 6.61 Å². The van der Waals surface area contributed by atoms with Gasteiger partial charge in [0.2, 0.25) is 5.91 Å². The number of halogens is 1. The smallest absolute Gasteiger partial charge is 0.261 e. The van der Waals surface area contributed by atoms with Crippen LogP contribution in [0.3, 0.4) is 0 Å². The molecule has 1 atom stereocenters. The van der Waals surface area contributed by atoms with E-state index in [0.29, 0.717) is 17.3 Å². The molecule has 0 radical (unpaired) electrons. The number of nitrogens with zero attached hydrogens (tertiary/aromatic N) is 1. The molecular formula is C28H37ClN2O3. The summed E-state index contributed by atoms with van der Waals surface area (Å²) in [5.74, 6) is 0.336. The van der Waals surface area contributed by atoms with E-state index in [4.69, 9.17) is 16.3 Å². The van der Waals surface area contributed by atoms with E-state index < -0.39 is 6.04 Å². The largest absolute Gasteiger partial charge is 0.483 e. The molecule has 6 heteroatoms. The molecule has 1 fully saturated rings. The van der Waals surface area contributed by atoms with Crippen LogP contribution in [0.5, 0.6) is 5.75 Å². The van der Waals surface area contributed by atoms with Crippen molar-refractivity contribution in [2.45, 2.75) is 83.8 Å². The maximum Gasteiger partial charge on any atom is 0.261 e. The van der Waals surface area contributed by atoms with Gasteiger partial charge in [0.1, 0.15) is 11.8 Å². The molecule has 1 N–H and O–H groups in total. The van der Waals surface area contributed by atoms with Gasteiger partial charge >= 0.3 is 0 Å². The molecule has 34 heavy (non-hydrogen) atoms. The number of nitrogens with one attached hydrogen (secondary N) is 1. The fourth-order valence-electron chi connectivity index (χ4n) is 4.37. The van der Waals surface area contributed by atoms with E-state index in [1.807, 2.05) is 36.4 Å². The Morgan fingerprint density at radius 3 is 2.35 bits per heavy atom. The quantitative estimate of drug-likeness (QED) is 0.508. The lowest BCUT2D eigenvalue weighted by Gasteiger charge is -2.31. The Bertz CT molecular complexity index is 962. The van der Waals surface area contributed by atoms with E-state index in [9.17, 15) is 9.59 Å². The fraction of sp³-hybridized carbons (Fsp3) is 0.500. The van der Waals surface area contributed by atoms with Crippen molar-refractivity contribution in [2.75, 3.05) is 6.61 Å². The molecule has 1 aliphatic rings. The van der Waals surface area contributed by atoms with Crippen LogP contribution in [0.4, 0.5) is 0 Å². The van der Waals surface area contributed by atoms with Crippen LogP contribution in [0.2, 0.25) is 5.02 Å². The summed E-state index contributed by atoms with van der Waals surface area (Å²) in [6.45, 7) is 8.29. The lowest BCUT2D eigenvalue weighted by atomic mass is 9.86. The Balaban J connectivity index is 1.75. The summed E-state index contributed by atoms with van der Waals surface area (Å²) < 4.78 is 6.00. The molecule has 5 nitrogen and oxygen atoms in total. The van der Waals surface area contributed by atoms with Crippen molar-refractivity contribution in [3.63, 3.8) is 0 Å². The minimum absolute atomic E-state index is 0.115. The van der Waals surface area contributed by atoms with Crippen LogP contribution in [0.1, 0.15) is 70.9 Å². The zero-order valence-corrected chi connectivity index (χ0v) is 21.5. The van der Waals surface area contributed by atoms with Gasteiger partial charge in [0.25, 0.3) is 5.91 Å². The van der Waals surface area contributed by atoms with E-state index >= 15 is 0 Å². The lowest BCUT2D eigenvalue weighted by Crippen LogP contribution is -2.51. The first-order valence-corrected chi connectivity index (χ1v) is 12.6. The second-order valence-corrected chi connectivity index (χ2v) is 10.6. The highest BCUT2D eigenvalue weighted by Crippen LogP contribution is 2.31. The van der Waals surface area contributed by atoms with Gasteiger partial charge in [-0.3, -0.25) is 9.59 Å². The van der Waals surface area contributed by atoms with Crippen molar-refractivity contribution < 1.29 is 14.3 Å². The summed E-state index contributed by atoms with van der Waals surface area (Å²) in [4.78, 5) is 28.1. The highest BCUT2D eigenvalue weighted by Gasteiger charge is 2.29. The molecule has 0 aromatic heterocycles. The molecule has 2 aromatic rings. The molecule has 0 bridgehead atoms. The molecule has 184 valence electrons. The number of amides is 2. The zero-order valence-electron chi connectivity index (χ0n) is 20.8. The highest BCUT2D eigenvalue weighted by molar-refractivity contribution is 6.30. The maximum atomic E-state index is 13.4. The number of carbonyl (C=O) groups excluding carboxylic acids is 2. The van der Waals surface area contributed by atoms with Crippen LogP contribution in [0.15, 0.2) is 48.5 Å². The minimum atomic E-state index is -0.619. The summed E-state index contributed by atoms with van der Waals surface area (Å²) >= 11 is 6.04. The molecule has 2 amide bonds. The normalized spacial score (nSPS) is 15.4. The first kappa shape index (κ1) is 26.1. The topological polar surface area (TPSA) is 58.6 Å². The van der Waals surface area contributed by atoms with Crippen LogP contribution in [0.25, 0.3) is 0 Å². The molecular weight excluding hydrogens is 448 g/mol. The van der Waals surface area contributed by atoms with Crippen LogP contribution in [-0.4, -0.2) is 35.4 Å². The second-order valence-electron chi connectivity index (χ2n) is 10.2. The second kappa shape index (κ2) is 11.7. The Morgan fingerprint density at radius 2 is 1.71 bits per heavy atom. The van der Waals surface area contributed by atoms with E-state index in [0.717, 1.165) is 36.8 Å². The monoisotopic (exact) mass is 484 g/mol. The Labute approximate surface area is 208 Å². The standard InChI is InChI=1S/C28H37ClN2O3/c1-20(27(33)30-23-10-6-5-7-11-23)31(18-21-14-16-22(29)17-15-21)26(32)19-34-25-13-9-8-12-24(25)28(2,3)4/h8-9,12-17,20,23H,5-7,10-11,18-19H2,1-4H3,(H,30,33)/t20-/m0/s1. The Hall–Kier alpha value is -2.53. The number of rotatable bonds is 8. The van der Waals surface area contributed by atoms with E-state index in [1.54, 1.807) is 24.0 Å². The fourth-order valence-corrected chi connectivity index (χ4v) is 4.50. The SMILES string of the molecule is C[C@@H](C(=O)NC1CCCCC1)N(Cc1ccc(Cl)cc1)C(=O)COc1ccccc1C(C)(C)C. The van der Waals surface area contributed by atoms with Gasteiger partial charge in [0, 0.05) is 17.6 Å². The van der Waals surface area contributed by atoms with Gasteiger partial charge in [-0.15, -0.1) is 0 Å². The summed E-state index contributed by atoms with van der Waals surface area (Å²) in [5.41, 5.74) is 1.83. The van der Waals surface area contributed by atoms with Gasteiger partial charge in [-0.05, 0) is 54.5 Å². The van der Waals surface area contributed by atoms with Gasteiger partial charge in [-0.1, -0.05) is 82.0 Å². The molecule has 1 saturated carbocycles. The van der Waals surface area contributed by atoms with Gasteiger partial charge in [-0.25, -0.2) is 0 Å². The van der Waals surface area contributed by atoms with Crippen molar-refractivity contribution >= 4 is 23.4 Å². The van der Waals surface area contributed by atoms with Crippen LogP contribution in [-0.2, 0) is 21.5 Å². The predicted molar refractivity (Wildman–Crippen MR) is 137 cm³/mol. The maximum absolute atomic E-state index is 13.4. The number of hydrogen-bond acceptors (Lipinski definition) is 3. The van der Waals surface area contributed by atoms with Crippen molar-refractivity contribution in [3.8, 4) is 5.75 Å². The molecule has 0 saturated heterocycles. The van der Waals surface area contributed by atoms with Crippen LogP contribution < -0.4 is 10.1 Å². The average molecular weight is 485 g/mol. The third-order valence-corrected chi connectivity index (χ3v) is 6.68. The number of carbonyl (C=O) groups is 2. The predicted octanol–water partition coefficient (Wildman–Crippen LogP) is 5.88. The van der Waals surface area contributed by atoms with Crippen molar-refractivity contribution in [1.29, 1.82) is 0 Å². The van der Waals surface area contributed by atoms with Crippen molar-refractivity contribution in [1.82, 2.24) is 10.2 Å². The molecule has 0 unspecified atom stereocenters. The summed E-state index contributed by atoms with van der Waals surface area (Å²) in [6.07, 6.45) is 5.48. The van der Waals surface area contributed by atoms with Crippen molar-refractivity contribution in [3.05, 3.63) is 64.7 Å². The van der Waals surface area contributed by atoms with Crippen LogP contribution >= 0.6 is 11.6 Å². The first-order valence-electron chi connectivity index (χ1n) is 12.2. The molecule has 2 aromatic carbocycles. The average Bonchev–Trinajstić information content (AvgIpc) is 2.82. The Kier molecular flexibility index (Phi) is 9.01. The minimum Gasteiger partial charge on any atom is -0.483 e. The zero-order chi connectivity index (χ0) is 24.7. The number of hydrogen-bond donors (Lipinski definition) is 1. The number of ether oxygens (including phenoxy) is 1. The Morgan fingerprint density at radius 1 is 1.06 bits per heavy atom. The summed E-state index contributed by atoms with van der Waals surface area (Å²) in [6, 6.07) is 14.7. The summed E-state index contributed by atoms with van der Waals surface area (Å²) in [7, 11) is 0. The van der Waals surface area contributed by atoms with E-state index in [2.05, 4.69) is 26.1 Å². The third kappa shape index (κ3) is 7.23. The van der Waals surface area contributed by atoms with E-state index in [1.165, 1.54) is 6.42 Å². The number of para-hydroxylation sites is 1. The lowest BCUT2D eigenvalue weighted by molar-refractivity contribution is -0.142. The molecule has 0 spiro atoms. The molecule has 1 aliphatic carbocycles.